The number of nitrogens with zero attached hydrogens (tertiary/aromatic N) is 3. The average molecular weight is 353 g/mol. The summed E-state index contributed by atoms with van der Waals surface area (Å²) >= 11 is 0. The molecular formula is C21H27N3O2. The summed E-state index contributed by atoms with van der Waals surface area (Å²) in [5.74, 6) is 0.852. The van der Waals surface area contributed by atoms with E-state index in [1.165, 1.54) is 5.56 Å². The Labute approximate surface area is 155 Å². The lowest BCUT2D eigenvalue weighted by Gasteiger charge is -2.19. The number of likely N-dealkylation sites (N-methyl/N-ethyl adjacent to an activating group) is 1. The molecule has 3 rings (SSSR count). The van der Waals surface area contributed by atoms with E-state index >= 15 is 0 Å². The molecule has 0 unspecified atom stereocenters. The van der Waals surface area contributed by atoms with Gasteiger partial charge in [-0.05, 0) is 63.8 Å². The van der Waals surface area contributed by atoms with Gasteiger partial charge in [0.1, 0.15) is 5.75 Å². The number of carbonyl (C=O) groups excluding carboxylic acids is 1. The van der Waals surface area contributed by atoms with E-state index in [4.69, 9.17) is 4.74 Å². The molecule has 0 radical (unpaired) electrons. The lowest BCUT2D eigenvalue weighted by Crippen LogP contribution is -2.19. The molecule has 0 saturated heterocycles. The summed E-state index contributed by atoms with van der Waals surface area (Å²) in [7, 11) is 5.79. The fraction of sp³-hybridized carbons (Fsp3) is 0.381. The fourth-order valence-electron chi connectivity index (χ4n) is 3.22. The number of fused-ring (bicyclic) bond motifs is 1. The first-order valence-corrected chi connectivity index (χ1v) is 9.04. The molecule has 5 heteroatoms. The average Bonchev–Trinajstić information content (AvgIpc) is 3.03. The highest BCUT2D eigenvalue weighted by Crippen LogP contribution is 2.28. The van der Waals surface area contributed by atoms with Crippen LogP contribution in [-0.2, 0) is 6.42 Å². The molecule has 26 heavy (non-hydrogen) atoms. The van der Waals surface area contributed by atoms with Crippen molar-refractivity contribution in [2.24, 2.45) is 0 Å². The minimum Gasteiger partial charge on any atom is -0.497 e. The maximum Gasteiger partial charge on any atom is 0.260 e. The molecule has 2 heterocycles. The van der Waals surface area contributed by atoms with Crippen LogP contribution in [-0.4, -0.2) is 54.6 Å². The summed E-state index contributed by atoms with van der Waals surface area (Å²) in [5, 5.41) is 1.08. The van der Waals surface area contributed by atoms with E-state index in [1.54, 1.807) is 11.7 Å². The van der Waals surface area contributed by atoms with Gasteiger partial charge < -0.3 is 14.5 Å². The molecule has 0 fully saturated rings. The molecule has 0 amide bonds. The predicted octanol–water partition coefficient (Wildman–Crippen LogP) is 3.52. The molecule has 1 aromatic heterocycles. The van der Waals surface area contributed by atoms with Crippen LogP contribution >= 0.6 is 0 Å². The third-order valence-electron chi connectivity index (χ3n) is 4.74. The summed E-state index contributed by atoms with van der Waals surface area (Å²) in [4.78, 5) is 17.4. The van der Waals surface area contributed by atoms with Gasteiger partial charge in [-0.2, -0.15) is 0 Å². The van der Waals surface area contributed by atoms with Gasteiger partial charge in [0.2, 0.25) is 0 Å². The zero-order chi connectivity index (χ0) is 18.7. The van der Waals surface area contributed by atoms with E-state index < -0.39 is 0 Å². The second-order valence-electron chi connectivity index (χ2n) is 6.84. The van der Waals surface area contributed by atoms with Crippen molar-refractivity contribution in [1.29, 1.82) is 0 Å². The highest BCUT2D eigenvalue weighted by Gasteiger charge is 2.19. The van der Waals surface area contributed by atoms with Gasteiger partial charge in [0.15, 0.2) is 0 Å². The summed E-state index contributed by atoms with van der Waals surface area (Å²) in [6.45, 7) is 3.86. The molecule has 0 aliphatic carbocycles. The Kier molecular flexibility index (Phi) is 5.47. The van der Waals surface area contributed by atoms with E-state index in [0.29, 0.717) is 6.42 Å². The molecule has 1 aromatic carbocycles. The molecular weight excluding hydrogens is 326 g/mol. The molecule has 138 valence electrons. The van der Waals surface area contributed by atoms with Crippen molar-refractivity contribution in [3.05, 3.63) is 54.0 Å². The first kappa shape index (κ1) is 18.3. The van der Waals surface area contributed by atoms with Gasteiger partial charge in [-0.25, -0.2) is 0 Å². The Morgan fingerprint density at radius 1 is 1.31 bits per heavy atom. The summed E-state index contributed by atoms with van der Waals surface area (Å²) in [5.41, 5.74) is 2.91. The SMILES string of the molecule is CCN1C=CCC(C(=O)n2cc(CCN(C)C)c3cc(OC)ccc32)=C1. The second-order valence-corrected chi connectivity index (χ2v) is 6.84. The highest BCUT2D eigenvalue weighted by atomic mass is 16.5. The maximum absolute atomic E-state index is 13.2. The monoisotopic (exact) mass is 353 g/mol. The van der Waals surface area contributed by atoms with Crippen LogP contribution in [0.15, 0.2) is 48.4 Å². The van der Waals surface area contributed by atoms with Crippen LogP contribution in [0.4, 0.5) is 0 Å². The number of rotatable bonds is 6. The Balaban J connectivity index is 2.02. The van der Waals surface area contributed by atoms with E-state index in [9.17, 15) is 4.79 Å². The van der Waals surface area contributed by atoms with Crippen LogP contribution in [0.25, 0.3) is 10.9 Å². The third kappa shape index (κ3) is 3.68. The summed E-state index contributed by atoms with van der Waals surface area (Å²) in [6.07, 6.45) is 9.56. The van der Waals surface area contributed by atoms with Gasteiger partial charge in [-0.15, -0.1) is 0 Å². The Morgan fingerprint density at radius 2 is 2.12 bits per heavy atom. The molecule has 0 N–H and O–H groups in total. The van der Waals surface area contributed by atoms with Gasteiger partial charge in [-0.3, -0.25) is 9.36 Å². The van der Waals surface area contributed by atoms with Gasteiger partial charge >= 0.3 is 0 Å². The van der Waals surface area contributed by atoms with Gasteiger partial charge in [0, 0.05) is 36.4 Å². The third-order valence-corrected chi connectivity index (χ3v) is 4.74. The van der Waals surface area contributed by atoms with Crippen molar-refractivity contribution >= 4 is 16.8 Å². The van der Waals surface area contributed by atoms with Gasteiger partial charge in [-0.1, -0.05) is 6.08 Å². The summed E-state index contributed by atoms with van der Waals surface area (Å²) in [6, 6.07) is 5.91. The minimum atomic E-state index is 0.0408. The quantitative estimate of drug-likeness (QED) is 0.796. The number of aromatic nitrogens is 1. The van der Waals surface area contributed by atoms with E-state index in [2.05, 4.69) is 25.9 Å². The van der Waals surface area contributed by atoms with Gasteiger partial charge in [0.05, 0.1) is 12.6 Å². The molecule has 5 nitrogen and oxygen atoms in total. The fourth-order valence-corrected chi connectivity index (χ4v) is 3.22. The number of hydrogen-bond donors (Lipinski definition) is 0. The first-order chi connectivity index (χ1) is 12.5. The van der Waals surface area contributed by atoms with Crippen molar-refractivity contribution in [1.82, 2.24) is 14.4 Å². The minimum absolute atomic E-state index is 0.0408. The Hall–Kier alpha value is -2.53. The highest BCUT2D eigenvalue weighted by molar-refractivity contribution is 6.03. The Bertz CT molecular complexity index is 862. The van der Waals surface area contributed by atoms with Crippen molar-refractivity contribution in [3.63, 3.8) is 0 Å². The normalized spacial score (nSPS) is 14.2. The molecule has 1 aliphatic heterocycles. The summed E-state index contributed by atoms with van der Waals surface area (Å²) < 4.78 is 7.18. The molecule has 2 aromatic rings. The van der Waals surface area contributed by atoms with Crippen molar-refractivity contribution in [3.8, 4) is 5.75 Å². The number of carbonyl (C=O) groups is 1. The van der Waals surface area contributed by atoms with Crippen molar-refractivity contribution < 1.29 is 9.53 Å². The van der Waals surface area contributed by atoms with Gasteiger partial charge in [0.25, 0.3) is 5.91 Å². The largest absolute Gasteiger partial charge is 0.497 e. The first-order valence-electron chi connectivity index (χ1n) is 9.04. The number of allylic oxidation sites excluding steroid dienone is 2. The van der Waals surface area contributed by atoms with Crippen LogP contribution in [0.1, 0.15) is 23.7 Å². The maximum atomic E-state index is 13.2. The predicted molar refractivity (Wildman–Crippen MR) is 106 cm³/mol. The Morgan fingerprint density at radius 3 is 2.81 bits per heavy atom. The van der Waals surface area contributed by atoms with Crippen LogP contribution in [0.2, 0.25) is 0 Å². The lowest BCUT2D eigenvalue weighted by atomic mass is 10.1. The van der Waals surface area contributed by atoms with Crippen LogP contribution in [0.3, 0.4) is 0 Å². The molecule has 0 saturated carbocycles. The van der Waals surface area contributed by atoms with Crippen molar-refractivity contribution in [2.75, 3.05) is 34.3 Å². The standard InChI is InChI=1S/C21H27N3O2/c1-5-23-11-6-7-17(14-23)21(25)24-15-16(10-12-22(2)3)19-13-18(26-4)8-9-20(19)24/h6,8-9,11,13-15H,5,7,10,12H2,1-4H3. The number of ether oxygens (including phenoxy) is 1. The van der Waals surface area contributed by atoms with Crippen LogP contribution in [0, 0.1) is 0 Å². The zero-order valence-corrected chi connectivity index (χ0v) is 16.0. The molecule has 0 bridgehead atoms. The van der Waals surface area contributed by atoms with E-state index in [-0.39, 0.29) is 5.91 Å². The zero-order valence-electron chi connectivity index (χ0n) is 16.0. The van der Waals surface area contributed by atoms with Crippen LogP contribution in [0.5, 0.6) is 5.75 Å². The molecule has 1 aliphatic rings. The topological polar surface area (TPSA) is 37.7 Å². The molecule has 0 spiro atoms. The second kappa shape index (κ2) is 7.79. The number of methoxy groups -OCH3 is 1. The number of hydrogen-bond acceptors (Lipinski definition) is 4. The van der Waals surface area contributed by atoms with Crippen molar-refractivity contribution in [2.45, 2.75) is 19.8 Å². The molecule has 0 atom stereocenters. The smallest absolute Gasteiger partial charge is 0.260 e. The lowest BCUT2D eigenvalue weighted by molar-refractivity contribution is 0.0955. The number of benzene rings is 1. The van der Waals surface area contributed by atoms with E-state index in [0.717, 1.165) is 41.7 Å². The van der Waals surface area contributed by atoms with E-state index in [1.807, 2.05) is 47.8 Å². The van der Waals surface area contributed by atoms with Crippen LogP contribution < -0.4 is 4.74 Å².